The molecule has 0 fully saturated rings. The van der Waals surface area contributed by atoms with Crippen LogP contribution < -0.4 is 5.32 Å². The van der Waals surface area contributed by atoms with Crippen LogP contribution >= 0.6 is 11.3 Å². The SMILES string of the molecule is Cc1cc(C)nc(NCc2ccsc2)c1. The van der Waals surface area contributed by atoms with Crippen molar-refractivity contribution >= 4 is 17.2 Å². The average Bonchev–Trinajstić information content (AvgIpc) is 2.65. The predicted molar refractivity (Wildman–Crippen MR) is 65.4 cm³/mol. The number of pyridine rings is 1. The second-order valence-corrected chi connectivity index (χ2v) is 4.44. The fourth-order valence-corrected chi connectivity index (χ4v) is 2.19. The molecule has 2 aromatic rings. The summed E-state index contributed by atoms with van der Waals surface area (Å²) in [6.45, 7) is 4.95. The first-order valence-corrected chi connectivity index (χ1v) is 5.88. The van der Waals surface area contributed by atoms with E-state index in [4.69, 9.17) is 0 Å². The molecule has 2 nitrogen and oxygen atoms in total. The number of aromatic nitrogens is 1. The Morgan fingerprint density at radius 1 is 1.33 bits per heavy atom. The summed E-state index contributed by atoms with van der Waals surface area (Å²) in [6.07, 6.45) is 0. The second kappa shape index (κ2) is 4.45. The molecule has 0 aliphatic rings. The average molecular weight is 218 g/mol. The van der Waals surface area contributed by atoms with Gasteiger partial charge in [-0.25, -0.2) is 4.98 Å². The van der Waals surface area contributed by atoms with Gasteiger partial charge in [0.05, 0.1) is 0 Å². The van der Waals surface area contributed by atoms with Crippen molar-refractivity contribution < 1.29 is 0 Å². The Bertz CT molecular complexity index is 415. The van der Waals surface area contributed by atoms with E-state index in [1.165, 1.54) is 11.1 Å². The number of nitrogens with zero attached hydrogens (tertiary/aromatic N) is 1. The molecule has 0 saturated heterocycles. The van der Waals surface area contributed by atoms with Crippen LogP contribution in [0.5, 0.6) is 0 Å². The minimum atomic E-state index is 0.847. The van der Waals surface area contributed by atoms with Gasteiger partial charge in [0, 0.05) is 12.2 Å². The van der Waals surface area contributed by atoms with E-state index >= 15 is 0 Å². The molecule has 78 valence electrons. The molecule has 2 aromatic heterocycles. The molecule has 0 unspecified atom stereocenters. The van der Waals surface area contributed by atoms with Gasteiger partial charge in [-0.05, 0) is 53.9 Å². The van der Waals surface area contributed by atoms with Crippen molar-refractivity contribution in [2.45, 2.75) is 20.4 Å². The molecule has 3 heteroatoms. The van der Waals surface area contributed by atoms with Crippen LogP contribution in [-0.2, 0) is 6.54 Å². The van der Waals surface area contributed by atoms with E-state index in [-0.39, 0.29) is 0 Å². The minimum absolute atomic E-state index is 0.847. The molecule has 1 N–H and O–H groups in total. The Labute approximate surface area is 94.0 Å². The van der Waals surface area contributed by atoms with Gasteiger partial charge in [-0.1, -0.05) is 0 Å². The molecule has 2 rings (SSSR count). The van der Waals surface area contributed by atoms with Crippen LogP contribution in [-0.4, -0.2) is 4.98 Å². The second-order valence-electron chi connectivity index (χ2n) is 3.66. The summed E-state index contributed by atoms with van der Waals surface area (Å²) in [5.74, 6) is 0.957. The number of anilines is 1. The summed E-state index contributed by atoms with van der Waals surface area (Å²) in [7, 11) is 0. The van der Waals surface area contributed by atoms with Crippen molar-refractivity contribution in [3.63, 3.8) is 0 Å². The van der Waals surface area contributed by atoms with E-state index in [0.717, 1.165) is 18.1 Å². The number of aryl methyl sites for hydroxylation is 2. The molecular weight excluding hydrogens is 204 g/mol. The van der Waals surface area contributed by atoms with Crippen LogP contribution in [0.4, 0.5) is 5.82 Å². The van der Waals surface area contributed by atoms with E-state index in [2.05, 4.69) is 46.2 Å². The molecule has 0 saturated carbocycles. The maximum atomic E-state index is 4.43. The largest absolute Gasteiger partial charge is 0.366 e. The molecule has 0 bridgehead atoms. The summed E-state index contributed by atoms with van der Waals surface area (Å²) in [5.41, 5.74) is 3.61. The van der Waals surface area contributed by atoms with Crippen LogP contribution in [0.2, 0.25) is 0 Å². The van der Waals surface area contributed by atoms with Crippen molar-refractivity contribution in [2.75, 3.05) is 5.32 Å². The van der Waals surface area contributed by atoms with E-state index in [1.807, 2.05) is 6.92 Å². The molecule has 0 radical (unpaired) electrons. The van der Waals surface area contributed by atoms with Crippen LogP contribution in [0.3, 0.4) is 0 Å². The van der Waals surface area contributed by atoms with Crippen LogP contribution in [0.1, 0.15) is 16.8 Å². The zero-order valence-electron chi connectivity index (χ0n) is 8.95. The highest BCUT2D eigenvalue weighted by molar-refractivity contribution is 7.07. The highest BCUT2D eigenvalue weighted by Gasteiger charge is 1.97. The first-order valence-electron chi connectivity index (χ1n) is 4.94. The Kier molecular flexibility index (Phi) is 3.02. The highest BCUT2D eigenvalue weighted by Crippen LogP contribution is 2.12. The molecule has 0 spiro atoms. The van der Waals surface area contributed by atoms with Gasteiger partial charge in [-0.3, -0.25) is 0 Å². The summed E-state index contributed by atoms with van der Waals surface area (Å²) < 4.78 is 0. The highest BCUT2D eigenvalue weighted by atomic mass is 32.1. The third-order valence-corrected chi connectivity index (χ3v) is 2.88. The molecule has 0 aliphatic heterocycles. The minimum Gasteiger partial charge on any atom is -0.366 e. The van der Waals surface area contributed by atoms with Crippen LogP contribution in [0.25, 0.3) is 0 Å². The fourth-order valence-electron chi connectivity index (χ4n) is 1.52. The van der Waals surface area contributed by atoms with Crippen molar-refractivity contribution in [3.05, 3.63) is 45.8 Å². The van der Waals surface area contributed by atoms with Gasteiger partial charge in [0.25, 0.3) is 0 Å². The van der Waals surface area contributed by atoms with Crippen molar-refractivity contribution in [1.29, 1.82) is 0 Å². The Morgan fingerprint density at radius 2 is 2.20 bits per heavy atom. The van der Waals surface area contributed by atoms with Crippen molar-refractivity contribution in [2.24, 2.45) is 0 Å². The quantitative estimate of drug-likeness (QED) is 0.854. The van der Waals surface area contributed by atoms with Gasteiger partial charge in [0.2, 0.25) is 0 Å². The summed E-state index contributed by atoms with van der Waals surface area (Å²) in [6, 6.07) is 6.27. The maximum Gasteiger partial charge on any atom is 0.126 e. The maximum absolute atomic E-state index is 4.43. The zero-order valence-corrected chi connectivity index (χ0v) is 9.77. The Hall–Kier alpha value is -1.35. The van der Waals surface area contributed by atoms with Gasteiger partial charge >= 0.3 is 0 Å². The van der Waals surface area contributed by atoms with Crippen LogP contribution in [0.15, 0.2) is 29.0 Å². The lowest BCUT2D eigenvalue weighted by Crippen LogP contribution is -2.01. The number of thiophene rings is 1. The number of rotatable bonds is 3. The third-order valence-electron chi connectivity index (χ3n) is 2.15. The third kappa shape index (κ3) is 2.80. The standard InChI is InChI=1S/C12H14N2S/c1-9-5-10(2)14-12(6-9)13-7-11-3-4-15-8-11/h3-6,8H,7H2,1-2H3,(H,13,14). The van der Waals surface area contributed by atoms with Gasteiger partial charge in [0.1, 0.15) is 5.82 Å². The predicted octanol–water partition coefficient (Wildman–Crippen LogP) is 3.37. The lowest BCUT2D eigenvalue weighted by Gasteiger charge is -2.06. The Balaban J connectivity index is 2.05. The van der Waals surface area contributed by atoms with Crippen molar-refractivity contribution in [1.82, 2.24) is 4.98 Å². The zero-order chi connectivity index (χ0) is 10.7. The smallest absolute Gasteiger partial charge is 0.126 e. The van der Waals surface area contributed by atoms with Gasteiger partial charge < -0.3 is 5.32 Å². The van der Waals surface area contributed by atoms with E-state index in [0.29, 0.717) is 0 Å². The number of nitrogens with one attached hydrogen (secondary N) is 1. The van der Waals surface area contributed by atoms with Gasteiger partial charge in [0.15, 0.2) is 0 Å². The summed E-state index contributed by atoms with van der Waals surface area (Å²) >= 11 is 1.72. The number of hydrogen-bond acceptors (Lipinski definition) is 3. The van der Waals surface area contributed by atoms with Crippen molar-refractivity contribution in [3.8, 4) is 0 Å². The van der Waals surface area contributed by atoms with Gasteiger partial charge in [-0.15, -0.1) is 0 Å². The summed E-state index contributed by atoms with van der Waals surface area (Å²) in [4.78, 5) is 4.43. The molecule has 0 aromatic carbocycles. The number of hydrogen-bond donors (Lipinski definition) is 1. The van der Waals surface area contributed by atoms with E-state index in [9.17, 15) is 0 Å². The normalized spacial score (nSPS) is 10.3. The monoisotopic (exact) mass is 218 g/mol. The lowest BCUT2D eigenvalue weighted by atomic mass is 10.2. The van der Waals surface area contributed by atoms with Gasteiger partial charge in [-0.2, -0.15) is 11.3 Å². The first-order chi connectivity index (χ1) is 7.24. The Morgan fingerprint density at radius 3 is 2.87 bits per heavy atom. The van der Waals surface area contributed by atoms with E-state index in [1.54, 1.807) is 11.3 Å². The molecule has 15 heavy (non-hydrogen) atoms. The fraction of sp³-hybridized carbons (Fsp3) is 0.250. The topological polar surface area (TPSA) is 24.9 Å². The molecular formula is C12H14N2S. The summed E-state index contributed by atoms with van der Waals surface area (Å²) in [5, 5.41) is 7.56. The lowest BCUT2D eigenvalue weighted by molar-refractivity contribution is 1.09. The molecule has 0 aliphatic carbocycles. The molecule has 0 atom stereocenters. The van der Waals surface area contributed by atoms with Crippen LogP contribution in [0, 0.1) is 13.8 Å². The van der Waals surface area contributed by atoms with E-state index < -0.39 is 0 Å². The first kappa shape index (κ1) is 10.2. The molecule has 2 heterocycles. The molecule has 0 amide bonds.